The molecule has 0 fully saturated rings. The van der Waals surface area contributed by atoms with Crippen molar-refractivity contribution in [3.63, 3.8) is 0 Å². The molecule has 0 bridgehead atoms. The van der Waals surface area contributed by atoms with E-state index < -0.39 is 36.4 Å². The van der Waals surface area contributed by atoms with E-state index in [4.69, 9.17) is 17.3 Å². The van der Waals surface area contributed by atoms with E-state index in [1.54, 1.807) is 6.92 Å². The Morgan fingerprint density at radius 1 is 1.41 bits per heavy atom. The Kier molecular flexibility index (Phi) is 6.18. The van der Waals surface area contributed by atoms with E-state index >= 15 is 0 Å². The summed E-state index contributed by atoms with van der Waals surface area (Å²) in [5, 5.41) is 13.2. The fourth-order valence-corrected chi connectivity index (χ4v) is 1.02. The number of carboxylic acids is 1. The zero-order chi connectivity index (χ0) is 13.4. The zero-order valence-corrected chi connectivity index (χ0v) is 9.40. The predicted octanol–water partition coefficient (Wildman–Crippen LogP) is -0.974. The Balaban J connectivity index is 4.36. The van der Waals surface area contributed by atoms with Crippen LogP contribution in [-0.4, -0.2) is 35.1 Å². The van der Waals surface area contributed by atoms with Gasteiger partial charge in [-0.15, -0.1) is 6.42 Å². The zero-order valence-electron chi connectivity index (χ0n) is 9.40. The molecule has 0 heterocycles. The van der Waals surface area contributed by atoms with E-state index in [-0.39, 0.29) is 0 Å². The Labute approximate surface area is 98.7 Å². The summed E-state index contributed by atoms with van der Waals surface area (Å²) in [5.74, 6) is 0.157. The Morgan fingerprint density at radius 2 is 2.00 bits per heavy atom. The fraction of sp³-hybridized carbons (Fsp3) is 0.500. The van der Waals surface area contributed by atoms with Crippen LogP contribution in [0.2, 0.25) is 0 Å². The minimum Gasteiger partial charge on any atom is -0.480 e. The van der Waals surface area contributed by atoms with Gasteiger partial charge >= 0.3 is 12.0 Å². The summed E-state index contributed by atoms with van der Waals surface area (Å²) in [5.41, 5.74) is 4.85. The highest BCUT2D eigenvalue weighted by molar-refractivity contribution is 5.87. The number of carbonyl (C=O) groups is 3. The topological polar surface area (TPSA) is 122 Å². The van der Waals surface area contributed by atoms with Gasteiger partial charge < -0.3 is 21.5 Å². The molecule has 7 nitrogen and oxygen atoms in total. The van der Waals surface area contributed by atoms with E-state index in [2.05, 4.69) is 16.6 Å². The number of hydrogen-bond donors (Lipinski definition) is 4. The van der Waals surface area contributed by atoms with Gasteiger partial charge in [0.2, 0.25) is 5.91 Å². The largest absolute Gasteiger partial charge is 0.480 e. The van der Waals surface area contributed by atoms with Crippen molar-refractivity contribution in [1.82, 2.24) is 10.6 Å². The van der Waals surface area contributed by atoms with Crippen LogP contribution >= 0.6 is 0 Å². The summed E-state index contributed by atoms with van der Waals surface area (Å²) in [6, 6.07) is -2.59. The molecule has 0 aliphatic heterocycles. The van der Waals surface area contributed by atoms with Crippen molar-refractivity contribution in [3.05, 3.63) is 0 Å². The predicted molar refractivity (Wildman–Crippen MR) is 59.8 cm³/mol. The first kappa shape index (κ1) is 14.8. The van der Waals surface area contributed by atoms with Crippen LogP contribution in [0, 0.1) is 12.3 Å². The van der Waals surface area contributed by atoms with E-state index in [1.165, 1.54) is 0 Å². The fourth-order valence-electron chi connectivity index (χ4n) is 1.02. The molecule has 5 N–H and O–H groups in total. The molecule has 17 heavy (non-hydrogen) atoms. The van der Waals surface area contributed by atoms with Crippen LogP contribution in [0.25, 0.3) is 0 Å². The average molecular weight is 241 g/mol. The third kappa shape index (κ3) is 6.04. The normalized spacial score (nSPS) is 12.9. The highest BCUT2D eigenvalue weighted by Gasteiger charge is 2.22. The summed E-state index contributed by atoms with van der Waals surface area (Å²) in [4.78, 5) is 32.6. The molecule has 0 aromatic heterocycles. The van der Waals surface area contributed by atoms with Gasteiger partial charge in [0, 0.05) is 0 Å². The van der Waals surface area contributed by atoms with Crippen LogP contribution in [0.15, 0.2) is 0 Å². The molecule has 3 amide bonds. The molecule has 0 radical (unpaired) electrons. The number of aliphatic carboxylic acids is 1. The molecular formula is C10H15N3O4. The third-order valence-electron chi connectivity index (χ3n) is 1.92. The Hall–Kier alpha value is -2.23. The SMILES string of the molecule is C#CC(CC)NC(=O)N[C@H](CC(N)=O)C(=O)O. The van der Waals surface area contributed by atoms with Crippen molar-refractivity contribution in [3.8, 4) is 12.3 Å². The maximum Gasteiger partial charge on any atom is 0.326 e. The van der Waals surface area contributed by atoms with Crippen molar-refractivity contribution in [2.24, 2.45) is 5.73 Å². The van der Waals surface area contributed by atoms with E-state index in [0.29, 0.717) is 6.42 Å². The summed E-state index contributed by atoms with van der Waals surface area (Å²) >= 11 is 0. The van der Waals surface area contributed by atoms with Gasteiger partial charge in [0.25, 0.3) is 0 Å². The first-order valence-electron chi connectivity index (χ1n) is 4.95. The number of primary amides is 1. The van der Waals surface area contributed by atoms with Crippen molar-refractivity contribution < 1.29 is 19.5 Å². The van der Waals surface area contributed by atoms with E-state index in [0.717, 1.165) is 0 Å². The maximum absolute atomic E-state index is 11.3. The molecule has 0 saturated carbocycles. The van der Waals surface area contributed by atoms with Gasteiger partial charge in [-0.25, -0.2) is 9.59 Å². The number of amides is 3. The first-order valence-corrected chi connectivity index (χ1v) is 4.95. The number of carboxylic acid groups (broad SMARTS) is 1. The molecule has 94 valence electrons. The van der Waals surface area contributed by atoms with E-state index in [1.807, 2.05) is 0 Å². The number of hydrogen-bond acceptors (Lipinski definition) is 3. The summed E-state index contributed by atoms with van der Waals surface area (Å²) < 4.78 is 0. The lowest BCUT2D eigenvalue weighted by Crippen LogP contribution is -2.49. The number of nitrogens with one attached hydrogen (secondary N) is 2. The quantitative estimate of drug-likeness (QED) is 0.447. The number of urea groups is 1. The number of terminal acetylenes is 1. The molecule has 2 atom stereocenters. The second kappa shape index (κ2) is 7.11. The van der Waals surface area contributed by atoms with Gasteiger partial charge in [-0.05, 0) is 6.42 Å². The van der Waals surface area contributed by atoms with Gasteiger partial charge in [-0.1, -0.05) is 12.8 Å². The molecule has 0 aliphatic carbocycles. The monoisotopic (exact) mass is 241 g/mol. The standard InChI is InChI=1S/C10H15N3O4/c1-3-6(4-2)12-10(17)13-7(9(15)16)5-8(11)14/h1,6-7H,4-5H2,2H3,(H2,11,14)(H,15,16)(H2,12,13,17)/t6?,7-/m1/s1. The maximum atomic E-state index is 11.3. The van der Waals surface area contributed by atoms with Crippen LogP contribution in [0.1, 0.15) is 19.8 Å². The van der Waals surface area contributed by atoms with Crippen LogP contribution in [-0.2, 0) is 9.59 Å². The number of carbonyl (C=O) groups excluding carboxylic acids is 2. The molecule has 0 rings (SSSR count). The summed E-state index contributed by atoms with van der Waals surface area (Å²) in [6.07, 6.45) is 5.15. The minimum absolute atomic E-state index is 0.477. The van der Waals surface area contributed by atoms with Crippen molar-refractivity contribution in [2.45, 2.75) is 31.8 Å². The number of nitrogens with two attached hydrogens (primary N) is 1. The lowest BCUT2D eigenvalue weighted by Gasteiger charge is -2.16. The smallest absolute Gasteiger partial charge is 0.326 e. The number of rotatable bonds is 6. The molecule has 0 aromatic rings. The molecule has 0 aromatic carbocycles. The Bertz CT molecular complexity index is 348. The van der Waals surface area contributed by atoms with Crippen LogP contribution < -0.4 is 16.4 Å². The third-order valence-corrected chi connectivity index (χ3v) is 1.92. The van der Waals surface area contributed by atoms with Crippen LogP contribution in [0.5, 0.6) is 0 Å². The minimum atomic E-state index is -1.36. The van der Waals surface area contributed by atoms with Gasteiger partial charge in [0.05, 0.1) is 12.5 Å². The molecular weight excluding hydrogens is 226 g/mol. The molecule has 0 aliphatic rings. The highest BCUT2D eigenvalue weighted by Crippen LogP contribution is 1.93. The average Bonchev–Trinajstić information content (AvgIpc) is 2.24. The summed E-state index contributed by atoms with van der Waals surface area (Å²) in [6.45, 7) is 1.77. The van der Waals surface area contributed by atoms with E-state index in [9.17, 15) is 14.4 Å². The molecule has 0 spiro atoms. The second-order valence-electron chi connectivity index (χ2n) is 3.31. The molecule has 0 saturated heterocycles. The van der Waals surface area contributed by atoms with Gasteiger partial charge in [0.15, 0.2) is 0 Å². The van der Waals surface area contributed by atoms with Gasteiger partial charge in [-0.2, -0.15) is 0 Å². The lowest BCUT2D eigenvalue weighted by atomic mass is 10.2. The van der Waals surface area contributed by atoms with Gasteiger partial charge in [0.1, 0.15) is 6.04 Å². The molecule has 7 heteroatoms. The highest BCUT2D eigenvalue weighted by atomic mass is 16.4. The Morgan fingerprint density at radius 3 is 2.35 bits per heavy atom. The molecule has 1 unspecified atom stereocenters. The second-order valence-corrected chi connectivity index (χ2v) is 3.31. The van der Waals surface area contributed by atoms with Crippen molar-refractivity contribution in [1.29, 1.82) is 0 Å². The first-order chi connectivity index (χ1) is 7.90. The van der Waals surface area contributed by atoms with Crippen LogP contribution in [0.3, 0.4) is 0 Å². The van der Waals surface area contributed by atoms with Crippen molar-refractivity contribution >= 4 is 17.9 Å². The van der Waals surface area contributed by atoms with Gasteiger partial charge in [-0.3, -0.25) is 4.79 Å². The summed E-state index contributed by atoms with van der Waals surface area (Å²) in [7, 11) is 0. The van der Waals surface area contributed by atoms with Crippen molar-refractivity contribution in [2.75, 3.05) is 0 Å². The van der Waals surface area contributed by atoms with Crippen LogP contribution in [0.4, 0.5) is 4.79 Å². The lowest BCUT2D eigenvalue weighted by molar-refractivity contribution is -0.140.